The normalized spacial score (nSPS) is 15.8. The van der Waals surface area contributed by atoms with Crippen molar-refractivity contribution in [1.29, 1.82) is 0 Å². The second-order valence-corrected chi connectivity index (χ2v) is 5.68. The Labute approximate surface area is 137 Å². The SMILES string of the molecule is C#CC(=O)N(c1ccc(OC(F)(F)F)c(Cl)c1)C1CCCCC1. The molecule has 1 aromatic carbocycles. The lowest BCUT2D eigenvalue weighted by molar-refractivity contribution is -0.274. The van der Waals surface area contributed by atoms with E-state index in [1.807, 2.05) is 0 Å². The number of hydrogen-bond donors (Lipinski definition) is 0. The fourth-order valence-electron chi connectivity index (χ4n) is 2.75. The van der Waals surface area contributed by atoms with Crippen LogP contribution in [0.5, 0.6) is 5.75 Å². The van der Waals surface area contributed by atoms with Gasteiger partial charge in [-0.25, -0.2) is 0 Å². The summed E-state index contributed by atoms with van der Waals surface area (Å²) in [5.41, 5.74) is 0.374. The van der Waals surface area contributed by atoms with E-state index in [4.69, 9.17) is 18.0 Å². The van der Waals surface area contributed by atoms with E-state index in [0.717, 1.165) is 38.2 Å². The van der Waals surface area contributed by atoms with Crippen LogP contribution >= 0.6 is 11.6 Å². The smallest absolute Gasteiger partial charge is 0.404 e. The number of anilines is 1. The number of halogens is 4. The van der Waals surface area contributed by atoms with Crippen molar-refractivity contribution in [2.45, 2.75) is 44.5 Å². The molecule has 3 nitrogen and oxygen atoms in total. The first-order valence-corrected chi connectivity index (χ1v) is 7.54. The first kappa shape index (κ1) is 17.5. The first-order chi connectivity index (χ1) is 10.8. The highest BCUT2D eigenvalue weighted by atomic mass is 35.5. The molecule has 0 radical (unpaired) electrons. The molecule has 0 unspecified atom stereocenters. The van der Waals surface area contributed by atoms with Crippen molar-refractivity contribution in [3.05, 3.63) is 23.2 Å². The van der Waals surface area contributed by atoms with Crippen LogP contribution in [-0.2, 0) is 4.79 Å². The first-order valence-electron chi connectivity index (χ1n) is 7.17. The van der Waals surface area contributed by atoms with Crippen LogP contribution in [0.25, 0.3) is 0 Å². The second-order valence-electron chi connectivity index (χ2n) is 5.27. The Bertz CT molecular complexity index is 619. The third kappa shape index (κ3) is 4.55. The highest BCUT2D eigenvalue weighted by molar-refractivity contribution is 6.32. The van der Waals surface area contributed by atoms with Crippen molar-refractivity contribution in [2.75, 3.05) is 4.90 Å². The van der Waals surface area contributed by atoms with Gasteiger partial charge in [-0.2, -0.15) is 0 Å². The van der Waals surface area contributed by atoms with Crippen molar-refractivity contribution in [1.82, 2.24) is 0 Å². The van der Waals surface area contributed by atoms with Gasteiger partial charge in [-0.05, 0) is 37.0 Å². The van der Waals surface area contributed by atoms with Gasteiger partial charge in [-0.15, -0.1) is 19.6 Å². The van der Waals surface area contributed by atoms with Gasteiger partial charge in [0.25, 0.3) is 0 Å². The number of alkyl halides is 3. The zero-order valence-electron chi connectivity index (χ0n) is 12.2. The largest absolute Gasteiger partial charge is 0.573 e. The van der Waals surface area contributed by atoms with Gasteiger partial charge in [-0.3, -0.25) is 9.69 Å². The van der Waals surface area contributed by atoms with Gasteiger partial charge in [0.15, 0.2) is 0 Å². The molecule has 0 aliphatic heterocycles. The maximum atomic E-state index is 12.3. The summed E-state index contributed by atoms with van der Waals surface area (Å²) in [5.74, 6) is 1.02. The van der Waals surface area contributed by atoms with Gasteiger partial charge in [0.1, 0.15) is 5.75 Å². The number of benzene rings is 1. The molecule has 1 aromatic rings. The zero-order valence-corrected chi connectivity index (χ0v) is 13.0. The molecule has 1 aliphatic carbocycles. The van der Waals surface area contributed by atoms with Gasteiger partial charge < -0.3 is 4.74 Å². The summed E-state index contributed by atoms with van der Waals surface area (Å²) in [6, 6.07) is 3.64. The van der Waals surface area contributed by atoms with E-state index in [0.29, 0.717) is 5.69 Å². The topological polar surface area (TPSA) is 29.5 Å². The standard InChI is InChI=1S/C16H15ClF3NO2/c1-2-15(22)21(11-6-4-3-5-7-11)12-8-9-14(13(17)10-12)23-16(18,19)20/h1,8-11H,3-7H2. The molecule has 1 amide bonds. The number of rotatable bonds is 3. The lowest BCUT2D eigenvalue weighted by atomic mass is 9.93. The lowest BCUT2D eigenvalue weighted by Crippen LogP contribution is -2.41. The van der Waals surface area contributed by atoms with Gasteiger partial charge in [0, 0.05) is 11.7 Å². The molecule has 0 N–H and O–H groups in total. The number of hydrogen-bond acceptors (Lipinski definition) is 2. The molecule has 1 saturated carbocycles. The average Bonchev–Trinajstić information content (AvgIpc) is 2.50. The highest BCUT2D eigenvalue weighted by Crippen LogP contribution is 2.35. The molecule has 7 heteroatoms. The Kier molecular flexibility index (Phi) is 5.42. The van der Waals surface area contributed by atoms with Gasteiger partial charge in [0.05, 0.1) is 5.02 Å². The predicted molar refractivity (Wildman–Crippen MR) is 81.3 cm³/mol. The molecular weight excluding hydrogens is 331 g/mol. The Morgan fingerprint density at radius 2 is 1.96 bits per heavy atom. The van der Waals surface area contributed by atoms with Crippen LogP contribution in [0.1, 0.15) is 32.1 Å². The summed E-state index contributed by atoms with van der Waals surface area (Å²) < 4.78 is 40.7. The third-order valence-corrected chi connectivity index (χ3v) is 4.00. The van der Waals surface area contributed by atoms with Crippen LogP contribution in [0.4, 0.5) is 18.9 Å². The summed E-state index contributed by atoms with van der Waals surface area (Å²) in [4.78, 5) is 13.5. The minimum absolute atomic E-state index is 0.0715. The second kappa shape index (κ2) is 7.14. The number of carbonyl (C=O) groups is 1. The molecule has 0 saturated heterocycles. The molecule has 0 bridgehead atoms. The Morgan fingerprint density at radius 3 is 2.48 bits per heavy atom. The monoisotopic (exact) mass is 345 g/mol. The maximum Gasteiger partial charge on any atom is 0.573 e. The molecular formula is C16H15ClF3NO2. The third-order valence-electron chi connectivity index (χ3n) is 3.70. The van der Waals surface area contributed by atoms with E-state index in [9.17, 15) is 18.0 Å². The minimum atomic E-state index is -4.83. The molecule has 23 heavy (non-hydrogen) atoms. The van der Waals surface area contributed by atoms with Crippen LogP contribution in [0.15, 0.2) is 18.2 Å². The van der Waals surface area contributed by atoms with Crippen LogP contribution in [0.3, 0.4) is 0 Å². The fourth-order valence-corrected chi connectivity index (χ4v) is 2.96. The van der Waals surface area contributed by atoms with E-state index < -0.39 is 18.0 Å². The van der Waals surface area contributed by atoms with Crippen LogP contribution in [-0.4, -0.2) is 18.3 Å². The molecule has 0 spiro atoms. The fraction of sp³-hybridized carbons (Fsp3) is 0.438. The maximum absolute atomic E-state index is 12.3. The Morgan fingerprint density at radius 1 is 1.30 bits per heavy atom. The van der Waals surface area contributed by atoms with Gasteiger partial charge in [0.2, 0.25) is 0 Å². The lowest BCUT2D eigenvalue weighted by Gasteiger charge is -2.33. The number of ether oxygens (including phenoxy) is 1. The summed E-state index contributed by atoms with van der Waals surface area (Å²) >= 11 is 5.85. The van der Waals surface area contributed by atoms with E-state index in [1.165, 1.54) is 17.0 Å². The molecule has 1 aliphatic rings. The van der Waals surface area contributed by atoms with E-state index in [-0.39, 0.29) is 11.1 Å². The van der Waals surface area contributed by atoms with Crippen molar-refractivity contribution >= 4 is 23.2 Å². The summed E-state index contributed by atoms with van der Waals surface area (Å²) in [6.07, 6.45) is 5.02. The van der Waals surface area contributed by atoms with Crippen molar-refractivity contribution in [3.8, 4) is 18.1 Å². The van der Waals surface area contributed by atoms with Crippen molar-refractivity contribution in [2.24, 2.45) is 0 Å². The van der Waals surface area contributed by atoms with Gasteiger partial charge in [-0.1, -0.05) is 30.9 Å². The molecule has 2 rings (SSSR count). The van der Waals surface area contributed by atoms with E-state index in [1.54, 1.807) is 0 Å². The molecule has 0 heterocycles. The van der Waals surface area contributed by atoms with E-state index in [2.05, 4.69) is 10.7 Å². The Hall–Kier alpha value is -1.87. The van der Waals surface area contributed by atoms with Crippen molar-refractivity contribution in [3.63, 3.8) is 0 Å². The number of nitrogens with zero attached hydrogens (tertiary/aromatic N) is 1. The zero-order chi connectivity index (χ0) is 17.0. The van der Waals surface area contributed by atoms with Crippen LogP contribution in [0.2, 0.25) is 5.02 Å². The summed E-state index contributed by atoms with van der Waals surface area (Å²) in [5, 5.41) is -0.231. The molecule has 0 aromatic heterocycles. The van der Waals surface area contributed by atoms with E-state index >= 15 is 0 Å². The molecule has 124 valence electrons. The predicted octanol–water partition coefficient (Wildman–Crippen LogP) is 4.54. The highest BCUT2D eigenvalue weighted by Gasteiger charge is 2.32. The summed E-state index contributed by atoms with van der Waals surface area (Å²) in [7, 11) is 0. The minimum Gasteiger partial charge on any atom is -0.404 e. The Balaban J connectivity index is 2.30. The summed E-state index contributed by atoms with van der Waals surface area (Å²) in [6.45, 7) is 0. The number of terminal acetylenes is 1. The molecule has 0 atom stereocenters. The van der Waals surface area contributed by atoms with Crippen LogP contribution in [0, 0.1) is 12.3 Å². The van der Waals surface area contributed by atoms with Crippen molar-refractivity contribution < 1.29 is 22.7 Å². The van der Waals surface area contributed by atoms with Gasteiger partial charge >= 0.3 is 12.3 Å². The number of amides is 1. The average molecular weight is 346 g/mol. The molecule has 1 fully saturated rings. The number of carbonyl (C=O) groups excluding carboxylic acids is 1. The quantitative estimate of drug-likeness (QED) is 0.753. The van der Waals surface area contributed by atoms with Crippen LogP contribution < -0.4 is 9.64 Å².